The molecule has 2 N–H and O–H groups in total. The van der Waals surface area contributed by atoms with Crippen molar-refractivity contribution in [3.05, 3.63) is 0 Å². The Morgan fingerprint density at radius 2 is 2.10 bits per heavy atom. The molecule has 5 nitrogen and oxygen atoms in total. The van der Waals surface area contributed by atoms with Crippen LogP contribution in [0, 0.1) is 5.41 Å². The third-order valence-electron chi connectivity index (χ3n) is 3.85. The molecule has 2 aliphatic heterocycles. The predicted molar refractivity (Wildman–Crippen MR) is 66.2 cm³/mol. The lowest BCUT2D eigenvalue weighted by atomic mass is 9.84. The number of carbonyl (C=O) groups excluding carboxylic acids is 1. The number of nitrogens with one attached hydrogen (secondary N) is 1. The van der Waals surface area contributed by atoms with Crippen molar-refractivity contribution in [3.63, 3.8) is 0 Å². The Morgan fingerprint density at radius 1 is 1.45 bits per heavy atom. The predicted octanol–water partition coefficient (Wildman–Crippen LogP) is 0.903. The van der Waals surface area contributed by atoms with Crippen LogP contribution in [-0.4, -0.2) is 58.3 Å². The van der Waals surface area contributed by atoms with Gasteiger partial charge in [0.1, 0.15) is 6.04 Å². The summed E-state index contributed by atoms with van der Waals surface area (Å²) < 4.78 is 40.0. The van der Waals surface area contributed by atoms with E-state index in [0.717, 1.165) is 4.90 Å². The largest absolute Gasteiger partial charge is 0.480 e. The molecule has 1 amide bonds. The molecular weight excluding hydrogens is 297 g/mol. The van der Waals surface area contributed by atoms with Gasteiger partial charge in [-0.05, 0) is 19.9 Å². The SMILES string of the molecule is CC1SCC(C(=O)O)N1C(=O)C1(C(F)(F)F)CCNC1. The summed E-state index contributed by atoms with van der Waals surface area (Å²) in [7, 11) is 0. The normalized spacial score (nSPS) is 34.5. The summed E-state index contributed by atoms with van der Waals surface area (Å²) in [6.07, 6.45) is -5.04. The lowest BCUT2D eigenvalue weighted by Gasteiger charge is -2.36. The highest BCUT2D eigenvalue weighted by atomic mass is 32.2. The van der Waals surface area contributed by atoms with Gasteiger partial charge in [-0.25, -0.2) is 4.79 Å². The van der Waals surface area contributed by atoms with Crippen LogP contribution in [0.5, 0.6) is 0 Å². The molecule has 9 heteroatoms. The van der Waals surface area contributed by atoms with Gasteiger partial charge in [-0.1, -0.05) is 0 Å². The van der Waals surface area contributed by atoms with Gasteiger partial charge in [-0.15, -0.1) is 11.8 Å². The number of carboxylic acid groups (broad SMARTS) is 1. The van der Waals surface area contributed by atoms with E-state index in [2.05, 4.69) is 5.32 Å². The van der Waals surface area contributed by atoms with Crippen LogP contribution in [0.2, 0.25) is 0 Å². The number of halogens is 3. The monoisotopic (exact) mass is 312 g/mol. The van der Waals surface area contributed by atoms with Crippen LogP contribution in [-0.2, 0) is 9.59 Å². The molecule has 3 atom stereocenters. The van der Waals surface area contributed by atoms with Crippen molar-refractivity contribution in [3.8, 4) is 0 Å². The molecule has 0 aliphatic carbocycles. The summed E-state index contributed by atoms with van der Waals surface area (Å²) in [5.74, 6) is -2.28. The number of hydrogen-bond donors (Lipinski definition) is 2. The number of amides is 1. The Balaban J connectivity index is 2.35. The van der Waals surface area contributed by atoms with Gasteiger partial charge in [0.25, 0.3) is 0 Å². The maximum absolute atomic E-state index is 13.3. The van der Waals surface area contributed by atoms with E-state index in [9.17, 15) is 22.8 Å². The first-order valence-electron chi connectivity index (χ1n) is 6.15. The molecule has 0 aromatic heterocycles. The highest BCUT2D eigenvalue weighted by molar-refractivity contribution is 8.00. The van der Waals surface area contributed by atoms with Gasteiger partial charge >= 0.3 is 12.1 Å². The number of nitrogens with zero attached hydrogens (tertiary/aromatic N) is 1. The Hall–Kier alpha value is -0.960. The Morgan fingerprint density at radius 3 is 2.55 bits per heavy atom. The zero-order valence-electron chi connectivity index (χ0n) is 10.7. The average molecular weight is 312 g/mol. The van der Waals surface area contributed by atoms with Gasteiger partial charge in [0.2, 0.25) is 5.91 Å². The molecule has 3 unspecified atom stereocenters. The van der Waals surface area contributed by atoms with Crippen molar-refractivity contribution in [2.24, 2.45) is 5.41 Å². The molecular formula is C11H15F3N2O3S. The van der Waals surface area contributed by atoms with Crippen molar-refractivity contribution in [2.75, 3.05) is 18.8 Å². The van der Waals surface area contributed by atoms with Crippen LogP contribution in [0.25, 0.3) is 0 Å². The van der Waals surface area contributed by atoms with Gasteiger partial charge in [-0.2, -0.15) is 13.2 Å². The van der Waals surface area contributed by atoms with Crippen molar-refractivity contribution in [1.82, 2.24) is 10.2 Å². The number of hydrogen-bond acceptors (Lipinski definition) is 4. The Bertz CT molecular complexity index is 424. The quantitative estimate of drug-likeness (QED) is 0.793. The molecule has 0 bridgehead atoms. The number of rotatable bonds is 2. The minimum Gasteiger partial charge on any atom is -0.480 e. The maximum Gasteiger partial charge on any atom is 0.404 e. The molecule has 2 aliphatic rings. The lowest BCUT2D eigenvalue weighted by molar-refractivity contribution is -0.223. The minimum atomic E-state index is -4.69. The molecule has 2 rings (SSSR count). The van der Waals surface area contributed by atoms with Crippen LogP contribution in [0.4, 0.5) is 13.2 Å². The van der Waals surface area contributed by atoms with E-state index in [-0.39, 0.29) is 18.7 Å². The van der Waals surface area contributed by atoms with Crippen LogP contribution in [0.3, 0.4) is 0 Å². The van der Waals surface area contributed by atoms with E-state index in [1.165, 1.54) is 11.8 Å². The van der Waals surface area contributed by atoms with Crippen LogP contribution < -0.4 is 5.32 Å². The number of carbonyl (C=O) groups is 2. The second-order valence-electron chi connectivity index (χ2n) is 5.01. The van der Waals surface area contributed by atoms with Gasteiger partial charge in [0, 0.05) is 12.3 Å². The average Bonchev–Trinajstić information content (AvgIpc) is 2.93. The Kier molecular flexibility index (Phi) is 3.94. The van der Waals surface area contributed by atoms with E-state index < -0.39 is 41.4 Å². The smallest absolute Gasteiger partial charge is 0.404 e. The summed E-state index contributed by atoms with van der Waals surface area (Å²) in [5.41, 5.74) is -2.50. The molecule has 2 heterocycles. The summed E-state index contributed by atoms with van der Waals surface area (Å²) in [6.45, 7) is 1.16. The molecule has 0 radical (unpaired) electrons. The topological polar surface area (TPSA) is 69.6 Å². The number of carboxylic acids is 1. The molecule has 2 fully saturated rings. The van der Waals surface area contributed by atoms with Crippen molar-refractivity contribution in [2.45, 2.75) is 30.9 Å². The molecule has 0 aromatic carbocycles. The van der Waals surface area contributed by atoms with Crippen LogP contribution in [0.1, 0.15) is 13.3 Å². The lowest BCUT2D eigenvalue weighted by Crippen LogP contribution is -2.57. The second kappa shape index (κ2) is 5.10. The van der Waals surface area contributed by atoms with E-state index in [0.29, 0.717) is 0 Å². The number of thioether (sulfide) groups is 1. The van der Waals surface area contributed by atoms with Crippen molar-refractivity contribution >= 4 is 23.6 Å². The molecule has 0 spiro atoms. The number of alkyl halides is 3. The molecule has 20 heavy (non-hydrogen) atoms. The van der Waals surface area contributed by atoms with Crippen molar-refractivity contribution < 1.29 is 27.9 Å². The maximum atomic E-state index is 13.3. The van der Waals surface area contributed by atoms with Crippen LogP contribution >= 0.6 is 11.8 Å². The first kappa shape index (κ1) is 15.4. The van der Waals surface area contributed by atoms with E-state index >= 15 is 0 Å². The van der Waals surface area contributed by atoms with E-state index in [1.54, 1.807) is 6.92 Å². The minimum absolute atomic E-state index is 0.0956. The first-order chi connectivity index (χ1) is 9.21. The summed E-state index contributed by atoms with van der Waals surface area (Å²) in [4.78, 5) is 24.4. The zero-order chi connectivity index (χ0) is 15.1. The Labute approximate surface area is 117 Å². The van der Waals surface area contributed by atoms with E-state index in [4.69, 9.17) is 5.11 Å². The molecule has 2 saturated heterocycles. The molecule has 114 valence electrons. The first-order valence-corrected chi connectivity index (χ1v) is 7.20. The number of aliphatic carboxylic acids is 1. The third kappa shape index (κ3) is 2.26. The summed E-state index contributed by atoms with van der Waals surface area (Å²) in [6, 6.07) is -1.19. The third-order valence-corrected chi connectivity index (χ3v) is 5.07. The fraction of sp³-hybridized carbons (Fsp3) is 0.818. The highest BCUT2D eigenvalue weighted by Gasteiger charge is 2.64. The molecule has 0 aromatic rings. The highest BCUT2D eigenvalue weighted by Crippen LogP contribution is 2.46. The van der Waals surface area contributed by atoms with Crippen molar-refractivity contribution in [1.29, 1.82) is 0 Å². The molecule has 0 saturated carbocycles. The van der Waals surface area contributed by atoms with E-state index in [1.807, 2.05) is 0 Å². The summed E-state index contributed by atoms with van der Waals surface area (Å²) in [5, 5.41) is 11.1. The standard InChI is InChI=1S/C11H15F3N2O3S/c1-6-16(7(4-20-6)8(17)18)9(19)10(11(12,13)14)2-3-15-5-10/h6-7,15H,2-5H2,1H3,(H,17,18). The van der Waals surface area contributed by atoms with Gasteiger partial charge in [0.15, 0.2) is 5.41 Å². The van der Waals surface area contributed by atoms with Gasteiger partial charge in [-0.3, -0.25) is 4.79 Å². The van der Waals surface area contributed by atoms with Gasteiger partial charge < -0.3 is 15.3 Å². The van der Waals surface area contributed by atoms with Gasteiger partial charge in [0.05, 0.1) is 5.37 Å². The second-order valence-corrected chi connectivity index (χ2v) is 6.35. The van der Waals surface area contributed by atoms with Crippen LogP contribution in [0.15, 0.2) is 0 Å². The zero-order valence-corrected chi connectivity index (χ0v) is 11.6. The summed E-state index contributed by atoms with van der Waals surface area (Å²) >= 11 is 1.17. The fourth-order valence-electron chi connectivity index (χ4n) is 2.63. The fourth-order valence-corrected chi connectivity index (χ4v) is 3.79.